The summed E-state index contributed by atoms with van der Waals surface area (Å²) in [6.45, 7) is 0.902. The second kappa shape index (κ2) is 7.56. The number of nitrogens with one attached hydrogen (secondary N) is 1. The van der Waals surface area contributed by atoms with Crippen molar-refractivity contribution in [3.8, 4) is 0 Å². The van der Waals surface area contributed by atoms with E-state index in [9.17, 15) is 10.1 Å². The van der Waals surface area contributed by atoms with Crippen LogP contribution in [0.15, 0.2) is 18.3 Å². The maximum Gasteiger partial charge on any atom is 0.386 e. The molecule has 0 unspecified atom stereocenters. The van der Waals surface area contributed by atoms with Crippen LogP contribution in [0.3, 0.4) is 0 Å². The number of aliphatic hydroxyl groups excluding tert-OH is 1. The molecule has 0 aliphatic rings. The SMILES string of the molecule is O=[N+]([O-])c1ncccc1NCCCCCCO. The van der Waals surface area contributed by atoms with Gasteiger partial charge in [-0.25, -0.2) is 0 Å². The molecule has 0 saturated carbocycles. The molecule has 1 rings (SSSR count). The second-order valence-corrected chi connectivity index (χ2v) is 3.70. The van der Waals surface area contributed by atoms with E-state index in [0.29, 0.717) is 12.2 Å². The molecule has 17 heavy (non-hydrogen) atoms. The molecule has 0 atom stereocenters. The number of nitrogens with zero attached hydrogens (tertiary/aromatic N) is 2. The molecule has 0 aliphatic carbocycles. The molecule has 0 amide bonds. The number of aromatic nitrogens is 1. The Kier molecular flexibility index (Phi) is 5.95. The van der Waals surface area contributed by atoms with Gasteiger partial charge in [0, 0.05) is 13.2 Å². The van der Waals surface area contributed by atoms with Crippen LogP contribution in [-0.4, -0.2) is 28.2 Å². The fourth-order valence-corrected chi connectivity index (χ4v) is 1.49. The van der Waals surface area contributed by atoms with Crippen molar-refractivity contribution in [1.29, 1.82) is 0 Å². The monoisotopic (exact) mass is 239 g/mol. The van der Waals surface area contributed by atoms with Crippen LogP contribution in [0.1, 0.15) is 25.7 Å². The van der Waals surface area contributed by atoms with Crippen molar-refractivity contribution in [2.24, 2.45) is 0 Å². The number of hydrogen-bond donors (Lipinski definition) is 2. The van der Waals surface area contributed by atoms with Gasteiger partial charge in [0.1, 0.15) is 11.9 Å². The maximum atomic E-state index is 10.7. The van der Waals surface area contributed by atoms with Gasteiger partial charge in [-0.2, -0.15) is 0 Å². The first kappa shape index (κ1) is 13.4. The fourth-order valence-electron chi connectivity index (χ4n) is 1.49. The zero-order valence-corrected chi connectivity index (χ0v) is 9.63. The average Bonchev–Trinajstić information content (AvgIpc) is 2.34. The van der Waals surface area contributed by atoms with Gasteiger partial charge >= 0.3 is 5.82 Å². The number of anilines is 1. The predicted molar refractivity (Wildman–Crippen MR) is 64.9 cm³/mol. The summed E-state index contributed by atoms with van der Waals surface area (Å²) in [5, 5.41) is 22.3. The van der Waals surface area contributed by atoms with E-state index in [1.165, 1.54) is 6.20 Å². The minimum atomic E-state index is -0.492. The predicted octanol–water partition coefficient (Wildman–Crippen LogP) is 1.95. The van der Waals surface area contributed by atoms with Crippen molar-refractivity contribution in [2.45, 2.75) is 25.7 Å². The molecule has 6 nitrogen and oxygen atoms in total. The lowest BCUT2D eigenvalue weighted by molar-refractivity contribution is -0.388. The van der Waals surface area contributed by atoms with E-state index < -0.39 is 4.92 Å². The Morgan fingerprint density at radius 3 is 2.82 bits per heavy atom. The highest BCUT2D eigenvalue weighted by atomic mass is 16.6. The quantitative estimate of drug-likeness (QED) is 0.411. The molecule has 1 aromatic heterocycles. The molecule has 0 bridgehead atoms. The molecule has 2 N–H and O–H groups in total. The van der Waals surface area contributed by atoms with Gasteiger partial charge in [-0.3, -0.25) is 0 Å². The Morgan fingerprint density at radius 1 is 1.35 bits per heavy atom. The van der Waals surface area contributed by atoms with Crippen molar-refractivity contribution in [1.82, 2.24) is 4.98 Å². The van der Waals surface area contributed by atoms with Crippen molar-refractivity contribution >= 4 is 11.5 Å². The van der Waals surface area contributed by atoms with Gasteiger partial charge in [-0.05, 0) is 34.9 Å². The molecule has 0 spiro atoms. The van der Waals surface area contributed by atoms with Crippen molar-refractivity contribution in [3.05, 3.63) is 28.4 Å². The number of unbranched alkanes of at least 4 members (excludes halogenated alkanes) is 3. The van der Waals surface area contributed by atoms with E-state index in [1.807, 2.05) is 0 Å². The smallest absolute Gasteiger partial charge is 0.386 e. The lowest BCUT2D eigenvalue weighted by Gasteiger charge is -2.05. The van der Waals surface area contributed by atoms with Gasteiger partial charge in [0.2, 0.25) is 0 Å². The van der Waals surface area contributed by atoms with Gasteiger partial charge < -0.3 is 20.5 Å². The summed E-state index contributed by atoms with van der Waals surface area (Å²) in [5.74, 6) is -0.136. The number of nitro groups is 1. The summed E-state index contributed by atoms with van der Waals surface area (Å²) in [7, 11) is 0. The van der Waals surface area contributed by atoms with Gasteiger partial charge in [-0.15, -0.1) is 0 Å². The Morgan fingerprint density at radius 2 is 2.12 bits per heavy atom. The van der Waals surface area contributed by atoms with E-state index >= 15 is 0 Å². The molecule has 1 aromatic rings. The summed E-state index contributed by atoms with van der Waals surface area (Å²) >= 11 is 0. The molecule has 0 radical (unpaired) electrons. The van der Waals surface area contributed by atoms with E-state index in [2.05, 4.69) is 10.3 Å². The highest BCUT2D eigenvalue weighted by molar-refractivity contribution is 5.56. The molecule has 6 heteroatoms. The standard InChI is InChI=1S/C11H17N3O3/c15-9-4-2-1-3-7-12-10-6-5-8-13-11(10)14(16)17/h5-6,8,12,15H,1-4,7,9H2. The van der Waals surface area contributed by atoms with E-state index in [0.717, 1.165) is 25.7 Å². The highest BCUT2D eigenvalue weighted by Crippen LogP contribution is 2.19. The molecular formula is C11H17N3O3. The Labute approximate surface area is 99.8 Å². The minimum absolute atomic E-state index is 0.136. The van der Waals surface area contributed by atoms with Crippen LogP contribution in [-0.2, 0) is 0 Å². The first-order valence-corrected chi connectivity index (χ1v) is 5.70. The van der Waals surface area contributed by atoms with Crippen LogP contribution < -0.4 is 5.32 Å². The lowest BCUT2D eigenvalue weighted by atomic mass is 10.2. The molecule has 1 heterocycles. The van der Waals surface area contributed by atoms with Gasteiger partial charge in [-0.1, -0.05) is 12.8 Å². The highest BCUT2D eigenvalue weighted by Gasteiger charge is 2.12. The van der Waals surface area contributed by atoms with E-state index in [-0.39, 0.29) is 12.4 Å². The van der Waals surface area contributed by atoms with Crippen LogP contribution in [0, 0.1) is 10.1 Å². The molecule has 0 aliphatic heterocycles. The van der Waals surface area contributed by atoms with Crippen molar-refractivity contribution < 1.29 is 10.0 Å². The van der Waals surface area contributed by atoms with Crippen LogP contribution in [0.4, 0.5) is 11.5 Å². The Balaban J connectivity index is 2.34. The lowest BCUT2D eigenvalue weighted by Crippen LogP contribution is -2.05. The summed E-state index contributed by atoms with van der Waals surface area (Å²) in [6.07, 6.45) is 5.12. The first-order valence-electron chi connectivity index (χ1n) is 5.70. The van der Waals surface area contributed by atoms with Crippen LogP contribution in [0.2, 0.25) is 0 Å². The zero-order valence-electron chi connectivity index (χ0n) is 9.63. The fraction of sp³-hybridized carbons (Fsp3) is 0.545. The second-order valence-electron chi connectivity index (χ2n) is 3.70. The molecule has 0 saturated heterocycles. The minimum Gasteiger partial charge on any atom is -0.396 e. The summed E-state index contributed by atoms with van der Waals surface area (Å²) in [6, 6.07) is 3.32. The van der Waals surface area contributed by atoms with Crippen LogP contribution >= 0.6 is 0 Å². The summed E-state index contributed by atoms with van der Waals surface area (Å²) in [4.78, 5) is 13.9. The van der Waals surface area contributed by atoms with Gasteiger partial charge in [0.15, 0.2) is 0 Å². The summed E-state index contributed by atoms with van der Waals surface area (Å²) in [5.41, 5.74) is 0.458. The Bertz CT molecular complexity index is 358. The van der Waals surface area contributed by atoms with Crippen molar-refractivity contribution in [2.75, 3.05) is 18.5 Å². The number of rotatable bonds is 8. The molecule has 0 aromatic carbocycles. The van der Waals surface area contributed by atoms with Gasteiger partial charge in [0.05, 0.1) is 0 Å². The topological polar surface area (TPSA) is 88.3 Å². The Hall–Kier alpha value is -1.69. The maximum absolute atomic E-state index is 10.7. The van der Waals surface area contributed by atoms with Crippen LogP contribution in [0.5, 0.6) is 0 Å². The largest absolute Gasteiger partial charge is 0.396 e. The molecule has 0 fully saturated rings. The third kappa shape index (κ3) is 4.78. The first-order chi connectivity index (χ1) is 8.25. The van der Waals surface area contributed by atoms with Gasteiger partial charge in [0.25, 0.3) is 0 Å². The number of aliphatic hydroxyl groups is 1. The third-order valence-corrected chi connectivity index (χ3v) is 2.36. The normalized spacial score (nSPS) is 10.2. The van der Waals surface area contributed by atoms with E-state index in [1.54, 1.807) is 12.1 Å². The molecule has 94 valence electrons. The number of pyridine rings is 1. The van der Waals surface area contributed by atoms with E-state index in [4.69, 9.17) is 5.11 Å². The van der Waals surface area contributed by atoms with Crippen LogP contribution in [0.25, 0.3) is 0 Å². The van der Waals surface area contributed by atoms with Crippen molar-refractivity contribution in [3.63, 3.8) is 0 Å². The average molecular weight is 239 g/mol. The number of hydrogen-bond acceptors (Lipinski definition) is 5. The zero-order chi connectivity index (χ0) is 12.5. The molecular weight excluding hydrogens is 222 g/mol. The summed E-state index contributed by atoms with van der Waals surface area (Å²) < 4.78 is 0. The third-order valence-electron chi connectivity index (χ3n) is 2.36.